The van der Waals surface area contributed by atoms with E-state index in [-0.39, 0.29) is 13.1 Å². The number of ether oxygens (including phenoxy) is 1. The molecular formula is C10H17F2NO2. The SMILES string of the molecule is CC1(C)CN(C(=O)C(F)F)CC(C)(C)O1. The van der Waals surface area contributed by atoms with Crippen molar-refractivity contribution in [2.24, 2.45) is 0 Å². The second-order valence-electron chi connectivity index (χ2n) is 5.12. The van der Waals surface area contributed by atoms with Gasteiger partial charge >= 0.3 is 6.43 Å². The Hall–Kier alpha value is -0.710. The number of halogens is 2. The van der Waals surface area contributed by atoms with Gasteiger partial charge in [-0.2, -0.15) is 8.78 Å². The van der Waals surface area contributed by atoms with Crippen LogP contribution in [0.4, 0.5) is 8.78 Å². The average Bonchev–Trinajstić information content (AvgIpc) is 1.96. The first-order valence-corrected chi connectivity index (χ1v) is 4.90. The summed E-state index contributed by atoms with van der Waals surface area (Å²) in [6.45, 7) is 7.58. The normalized spacial score (nSPS) is 24.3. The Morgan fingerprint density at radius 2 is 1.60 bits per heavy atom. The molecule has 1 aliphatic heterocycles. The minimum absolute atomic E-state index is 0.208. The van der Waals surface area contributed by atoms with E-state index < -0.39 is 23.5 Å². The standard InChI is InChI=1S/C10H17F2NO2/c1-9(2)5-13(8(14)7(11)12)6-10(3,4)15-9/h7H,5-6H2,1-4H3. The lowest BCUT2D eigenvalue weighted by molar-refractivity contribution is -0.193. The molecule has 0 atom stereocenters. The topological polar surface area (TPSA) is 29.5 Å². The molecular weight excluding hydrogens is 204 g/mol. The van der Waals surface area contributed by atoms with E-state index in [9.17, 15) is 13.6 Å². The molecule has 1 heterocycles. The molecule has 1 aliphatic rings. The van der Waals surface area contributed by atoms with Crippen LogP contribution in [-0.4, -0.2) is 41.5 Å². The maximum Gasteiger partial charge on any atom is 0.315 e. The van der Waals surface area contributed by atoms with Crippen LogP contribution in [0.1, 0.15) is 27.7 Å². The molecule has 1 rings (SSSR count). The first-order chi connectivity index (χ1) is 6.63. The second kappa shape index (κ2) is 3.70. The monoisotopic (exact) mass is 221 g/mol. The van der Waals surface area contributed by atoms with Crippen LogP contribution in [-0.2, 0) is 9.53 Å². The first kappa shape index (κ1) is 12.4. The van der Waals surface area contributed by atoms with Crippen molar-refractivity contribution in [1.29, 1.82) is 0 Å². The summed E-state index contributed by atoms with van der Waals surface area (Å²) in [5, 5.41) is 0. The molecule has 0 aliphatic carbocycles. The number of alkyl halides is 2. The quantitative estimate of drug-likeness (QED) is 0.674. The number of hydrogen-bond donors (Lipinski definition) is 0. The van der Waals surface area contributed by atoms with Crippen molar-refractivity contribution in [3.63, 3.8) is 0 Å². The third kappa shape index (κ3) is 3.12. The van der Waals surface area contributed by atoms with Crippen molar-refractivity contribution < 1.29 is 18.3 Å². The highest BCUT2D eigenvalue weighted by Gasteiger charge is 2.41. The Labute approximate surface area is 88.4 Å². The fraction of sp³-hybridized carbons (Fsp3) is 0.900. The van der Waals surface area contributed by atoms with Crippen LogP contribution in [0, 0.1) is 0 Å². The molecule has 0 aromatic rings. The Balaban J connectivity index is 2.80. The van der Waals surface area contributed by atoms with E-state index in [4.69, 9.17) is 4.74 Å². The molecule has 88 valence electrons. The van der Waals surface area contributed by atoms with Gasteiger partial charge in [-0.1, -0.05) is 0 Å². The van der Waals surface area contributed by atoms with Crippen molar-refractivity contribution in [1.82, 2.24) is 4.90 Å². The molecule has 0 saturated carbocycles. The molecule has 5 heteroatoms. The van der Waals surface area contributed by atoms with E-state index in [1.54, 1.807) is 27.7 Å². The predicted octanol–water partition coefficient (Wildman–Crippen LogP) is 1.67. The van der Waals surface area contributed by atoms with Crippen LogP contribution < -0.4 is 0 Å². The van der Waals surface area contributed by atoms with Crippen molar-refractivity contribution in [3.8, 4) is 0 Å². The molecule has 0 aromatic heterocycles. The van der Waals surface area contributed by atoms with Gasteiger partial charge in [0.2, 0.25) is 0 Å². The van der Waals surface area contributed by atoms with E-state index in [0.717, 1.165) is 0 Å². The molecule has 0 aromatic carbocycles. The number of carbonyl (C=O) groups is 1. The highest BCUT2D eigenvalue weighted by Crippen LogP contribution is 2.28. The number of carbonyl (C=O) groups excluding carboxylic acids is 1. The van der Waals surface area contributed by atoms with E-state index in [1.165, 1.54) is 4.90 Å². The minimum Gasteiger partial charge on any atom is -0.366 e. The lowest BCUT2D eigenvalue weighted by Crippen LogP contribution is -2.59. The molecule has 1 saturated heterocycles. The zero-order chi connectivity index (χ0) is 11.9. The third-order valence-corrected chi connectivity index (χ3v) is 2.19. The van der Waals surface area contributed by atoms with Gasteiger partial charge in [0.1, 0.15) is 0 Å². The van der Waals surface area contributed by atoms with E-state index >= 15 is 0 Å². The lowest BCUT2D eigenvalue weighted by atomic mass is 9.99. The smallest absolute Gasteiger partial charge is 0.315 e. The van der Waals surface area contributed by atoms with Gasteiger partial charge in [-0.25, -0.2) is 0 Å². The zero-order valence-electron chi connectivity index (χ0n) is 9.51. The summed E-state index contributed by atoms with van der Waals surface area (Å²) in [6.07, 6.45) is -2.94. The number of rotatable bonds is 1. The molecule has 0 N–H and O–H groups in total. The van der Waals surface area contributed by atoms with Gasteiger partial charge < -0.3 is 9.64 Å². The fourth-order valence-electron chi connectivity index (χ4n) is 2.08. The van der Waals surface area contributed by atoms with Crippen LogP contribution in [0.25, 0.3) is 0 Å². The zero-order valence-corrected chi connectivity index (χ0v) is 9.51. The second-order valence-corrected chi connectivity index (χ2v) is 5.12. The fourth-order valence-corrected chi connectivity index (χ4v) is 2.08. The number of hydrogen-bond acceptors (Lipinski definition) is 2. The molecule has 0 spiro atoms. The molecule has 0 bridgehead atoms. The minimum atomic E-state index is -2.94. The Kier molecular flexibility index (Phi) is 3.05. The van der Waals surface area contributed by atoms with Crippen LogP contribution in [0.15, 0.2) is 0 Å². The molecule has 0 unspecified atom stereocenters. The average molecular weight is 221 g/mol. The molecule has 0 radical (unpaired) electrons. The lowest BCUT2D eigenvalue weighted by Gasteiger charge is -2.46. The first-order valence-electron chi connectivity index (χ1n) is 4.90. The van der Waals surface area contributed by atoms with Crippen LogP contribution in [0.2, 0.25) is 0 Å². The van der Waals surface area contributed by atoms with Crippen molar-refractivity contribution in [2.75, 3.05) is 13.1 Å². The number of morpholine rings is 1. The Morgan fingerprint density at radius 3 is 1.93 bits per heavy atom. The number of nitrogens with zero attached hydrogens (tertiary/aromatic N) is 1. The molecule has 15 heavy (non-hydrogen) atoms. The summed E-state index contributed by atoms with van der Waals surface area (Å²) >= 11 is 0. The van der Waals surface area contributed by atoms with Gasteiger partial charge in [-0.3, -0.25) is 4.79 Å². The summed E-state index contributed by atoms with van der Waals surface area (Å²) in [5.74, 6) is -1.11. The van der Waals surface area contributed by atoms with Crippen molar-refractivity contribution in [3.05, 3.63) is 0 Å². The largest absolute Gasteiger partial charge is 0.366 e. The van der Waals surface area contributed by atoms with Gasteiger partial charge in [0.15, 0.2) is 0 Å². The van der Waals surface area contributed by atoms with E-state index in [2.05, 4.69) is 0 Å². The summed E-state index contributed by atoms with van der Waals surface area (Å²) < 4.78 is 30.3. The third-order valence-electron chi connectivity index (χ3n) is 2.19. The van der Waals surface area contributed by atoms with E-state index in [0.29, 0.717) is 0 Å². The highest BCUT2D eigenvalue weighted by molar-refractivity contribution is 5.79. The summed E-state index contributed by atoms with van der Waals surface area (Å²) in [7, 11) is 0. The van der Waals surface area contributed by atoms with E-state index in [1.807, 2.05) is 0 Å². The van der Waals surface area contributed by atoms with Gasteiger partial charge in [0.05, 0.1) is 11.2 Å². The highest BCUT2D eigenvalue weighted by atomic mass is 19.3. The Bertz CT molecular complexity index is 248. The summed E-state index contributed by atoms with van der Waals surface area (Å²) in [6, 6.07) is 0. The van der Waals surface area contributed by atoms with Gasteiger partial charge in [-0.05, 0) is 27.7 Å². The summed E-state index contributed by atoms with van der Waals surface area (Å²) in [4.78, 5) is 12.4. The molecule has 1 amide bonds. The molecule has 1 fully saturated rings. The van der Waals surface area contributed by atoms with Gasteiger partial charge in [-0.15, -0.1) is 0 Å². The van der Waals surface area contributed by atoms with Crippen LogP contribution >= 0.6 is 0 Å². The molecule has 3 nitrogen and oxygen atoms in total. The van der Waals surface area contributed by atoms with Crippen molar-refractivity contribution in [2.45, 2.75) is 45.3 Å². The number of amides is 1. The van der Waals surface area contributed by atoms with Crippen LogP contribution in [0.5, 0.6) is 0 Å². The maximum atomic E-state index is 12.3. The maximum absolute atomic E-state index is 12.3. The van der Waals surface area contributed by atoms with Crippen molar-refractivity contribution >= 4 is 5.91 Å². The van der Waals surface area contributed by atoms with Crippen LogP contribution in [0.3, 0.4) is 0 Å². The van der Waals surface area contributed by atoms with Gasteiger partial charge in [0.25, 0.3) is 5.91 Å². The van der Waals surface area contributed by atoms with Gasteiger partial charge in [0, 0.05) is 13.1 Å². The summed E-state index contributed by atoms with van der Waals surface area (Å²) in [5.41, 5.74) is -1.15. The Morgan fingerprint density at radius 1 is 1.20 bits per heavy atom. The predicted molar refractivity (Wildman–Crippen MR) is 51.8 cm³/mol.